The van der Waals surface area contributed by atoms with E-state index in [9.17, 15) is 4.79 Å². The Hall–Kier alpha value is -2.08. The van der Waals surface area contributed by atoms with Crippen LogP contribution in [0.3, 0.4) is 0 Å². The van der Waals surface area contributed by atoms with E-state index in [4.69, 9.17) is 4.74 Å². The van der Waals surface area contributed by atoms with Gasteiger partial charge in [-0.15, -0.1) is 0 Å². The number of rotatable bonds is 11. The molecule has 146 valence electrons. The van der Waals surface area contributed by atoms with Gasteiger partial charge in [-0.3, -0.25) is 9.79 Å². The molecule has 1 aromatic carbocycles. The van der Waals surface area contributed by atoms with Crippen LogP contribution in [0.2, 0.25) is 0 Å². The Morgan fingerprint density at radius 3 is 2.73 bits per heavy atom. The summed E-state index contributed by atoms with van der Waals surface area (Å²) in [7, 11) is 1.76. The highest BCUT2D eigenvalue weighted by Gasteiger charge is 2.09. The van der Waals surface area contributed by atoms with Crippen LogP contribution in [0, 0.1) is 0 Å². The lowest BCUT2D eigenvalue weighted by molar-refractivity contribution is 0.0939. The highest BCUT2D eigenvalue weighted by Crippen LogP contribution is 2.06. The number of hydrogen-bond donors (Lipinski definition) is 3. The summed E-state index contributed by atoms with van der Waals surface area (Å²) in [6.07, 6.45) is 2.98. The quantitative estimate of drug-likeness (QED) is 0.321. The number of aliphatic imine (C=N–C) groups is 1. The summed E-state index contributed by atoms with van der Waals surface area (Å²) in [4.78, 5) is 16.5. The third-order valence-electron chi connectivity index (χ3n) is 4.07. The molecule has 1 atom stereocenters. The van der Waals surface area contributed by atoms with Crippen LogP contribution in [0.5, 0.6) is 0 Å². The van der Waals surface area contributed by atoms with Crippen molar-refractivity contribution in [2.75, 3.05) is 26.8 Å². The molecule has 0 saturated carbocycles. The van der Waals surface area contributed by atoms with E-state index in [1.165, 1.54) is 0 Å². The molecule has 0 radical (unpaired) electrons. The summed E-state index contributed by atoms with van der Waals surface area (Å²) in [5.74, 6) is 0.730. The summed E-state index contributed by atoms with van der Waals surface area (Å²) < 4.78 is 5.33. The van der Waals surface area contributed by atoms with E-state index in [2.05, 4.69) is 27.9 Å². The van der Waals surface area contributed by atoms with Crippen molar-refractivity contribution in [1.29, 1.82) is 0 Å². The van der Waals surface area contributed by atoms with Crippen LogP contribution >= 0.6 is 0 Å². The van der Waals surface area contributed by atoms with Gasteiger partial charge in [0.1, 0.15) is 0 Å². The molecule has 0 aliphatic heterocycles. The van der Waals surface area contributed by atoms with Gasteiger partial charge >= 0.3 is 0 Å². The third kappa shape index (κ3) is 8.85. The molecule has 0 aromatic heterocycles. The second-order valence-electron chi connectivity index (χ2n) is 6.24. The van der Waals surface area contributed by atoms with Gasteiger partial charge in [0.25, 0.3) is 5.91 Å². The Balaban J connectivity index is 2.43. The van der Waals surface area contributed by atoms with Crippen molar-refractivity contribution in [2.24, 2.45) is 4.99 Å². The molecular weight excluding hydrogens is 328 g/mol. The molecule has 0 aliphatic carbocycles. The van der Waals surface area contributed by atoms with Crippen LogP contribution in [0.4, 0.5) is 0 Å². The van der Waals surface area contributed by atoms with E-state index in [-0.39, 0.29) is 11.9 Å². The van der Waals surface area contributed by atoms with E-state index in [0.717, 1.165) is 50.5 Å². The zero-order valence-corrected chi connectivity index (χ0v) is 16.6. The topological polar surface area (TPSA) is 74.8 Å². The Morgan fingerprint density at radius 2 is 2.04 bits per heavy atom. The molecule has 6 heteroatoms. The maximum Gasteiger partial charge on any atom is 0.251 e. The number of nitrogens with zero attached hydrogens (tertiary/aromatic N) is 1. The van der Waals surface area contributed by atoms with Crippen molar-refractivity contribution in [2.45, 2.75) is 52.6 Å². The molecule has 3 N–H and O–H groups in total. The molecule has 0 heterocycles. The summed E-state index contributed by atoms with van der Waals surface area (Å²) in [5, 5.41) is 9.57. The van der Waals surface area contributed by atoms with Gasteiger partial charge in [0.05, 0.1) is 0 Å². The van der Waals surface area contributed by atoms with Crippen LogP contribution in [-0.4, -0.2) is 44.7 Å². The maximum atomic E-state index is 12.2. The number of hydrogen-bond acceptors (Lipinski definition) is 3. The summed E-state index contributed by atoms with van der Waals surface area (Å²) >= 11 is 0. The fraction of sp³-hybridized carbons (Fsp3) is 0.600. The predicted molar refractivity (Wildman–Crippen MR) is 108 cm³/mol. The van der Waals surface area contributed by atoms with Gasteiger partial charge in [0.15, 0.2) is 5.96 Å². The second kappa shape index (κ2) is 13.2. The molecule has 1 amide bonds. The van der Waals surface area contributed by atoms with Crippen molar-refractivity contribution < 1.29 is 9.53 Å². The molecule has 0 aliphatic rings. The van der Waals surface area contributed by atoms with Crippen molar-refractivity contribution >= 4 is 11.9 Å². The first kappa shape index (κ1) is 22.0. The average Bonchev–Trinajstić information content (AvgIpc) is 2.66. The molecular formula is C20H34N4O2. The molecule has 0 spiro atoms. The fourth-order valence-corrected chi connectivity index (χ4v) is 2.32. The minimum Gasteiger partial charge on any atom is -0.382 e. The Morgan fingerprint density at radius 1 is 1.23 bits per heavy atom. The van der Waals surface area contributed by atoms with E-state index in [0.29, 0.717) is 12.1 Å². The van der Waals surface area contributed by atoms with Crippen molar-refractivity contribution in [3.63, 3.8) is 0 Å². The minimum absolute atomic E-state index is 0.0296. The van der Waals surface area contributed by atoms with Gasteiger partial charge in [-0.05, 0) is 50.8 Å². The number of carbonyl (C=O) groups excluding carboxylic acids is 1. The van der Waals surface area contributed by atoms with E-state index in [1.807, 2.05) is 38.1 Å². The molecule has 0 fully saturated rings. The number of carbonyl (C=O) groups is 1. The van der Waals surface area contributed by atoms with Crippen LogP contribution in [-0.2, 0) is 11.3 Å². The molecule has 0 bridgehead atoms. The molecule has 26 heavy (non-hydrogen) atoms. The zero-order chi connectivity index (χ0) is 19.2. The van der Waals surface area contributed by atoms with Gasteiger partial charge in [-0.2, -0.15) is 0 Å². The summed E-state index contributed by atoms with van der Waals surface area (Å²) in [5.41, 5.74) is 1.73. The lowest BCUT2D eigenvalue weighted by Gasteiger charge is -2.14. The standard InChI is InChI=1S/C20H34N4O2/c1-5-16(3)24-19(25)18-11-9-10-17(14-18)15-23-20(21-4)22-12-7-8-13-26-6-2/h9-11,14,16H,5-8,12-13,15H2,1-4H3,(H,24,25)(H2,21,22,23). The van der Waals surface area contributed by atoms with Gasteiger partial charge in [0, 0.05) is 45.0 Å². The molecule has 1 rings (SSSR count). The van der Waals surface area contributed by atoms with Crippen molar-refractivity contribution in [3.8, 4) is 0 Å². The largest absolute Gasteiger partial charge is 0.382 e. The van der Waals surface area contributed by atoms with Crippen LogP contribution in [0.1, 0.15) is 56.0 Å². The average molecular weight is 363 g/mol. The van der Waals surface area contributed by atoms with Crippen molar-refractivity contribution in [3.05, 3.63) is 35.4 Å². The second-order valence-corrected chi connectivity index (χ2v) is 6.24. The lowest BCUT2D eigenvalue weighted by atomic mass is 10.1. The Labute approximate surface area is 157 Å². The fourth-order valence-electron chi connectivity index (χ4n) is 2.32. The van der Waals surface area contributed by atoms with E-state index >= 15 is 0 Å². The smallest absolute Gasteiger partial charge is 0.251 e. The van der Waals surface area contributed by atoms with Gasteiger partial charge in [-0.25, -0.2) is 0 Å². The highest BCUT2D eigenvalue weighted by atomic mass is 16.5. The van der Waals surface area contributed by atoms with E-state index in [1.54, 1.807) is 7.05 Å². The summed E-state index contributed by atoms with van der Waals surface area (Å²) in [6, 6.07) is 7.84. The van der Waals surface area contributed by atoms with Crippen molar-refractivity contribution in [1.82, 2.24) is 16.0 Å². The molecule has 0 saturated heterocycles. The van der Waals surface area contributed by atoms with Gasteiger partial charge < -0.3 is 20.7 Å². The first-order valence-electron chi connectivity index (χ1n) is 9.52. The normalized spacial score (nSPS) is 12.5. The van der Waals surface area contributed by atoms with Crippen LogP contribution in [0.25, 0.3) is 0 Å². The third-order valence-corrected chi connectivity index (χ3v) is 4.07. The predicted octanol–water partition coefficient (Wildman–Crippen LogP) is 2.70. The first-order chi connectivity index (χ1) is 12.6. The molecule has 6 nitrogen and oxygen atoms in total. The van der Waals surface area contributed by atoms with Gasteiger partial charge in [-0.1, -0.05) is 19.1 Å². The number of ether oxygens (including phenoxy) is 1. The SMILES string of the molecule is CCOCCCCNC(=NC)NCc1cccc(C(=O)NC(C)CC)c1. The maximum absolute atomic E-state index is 12.2. The number of guanidine groups is 1. The summed E-state index contributed by atoms with van der Waals surface area (Å²) in [6.45, 7) is 9.11. The molecule has 1 aromatic rings. The minimum atomic E-state index is -0.0296. The number of unbranched alkanes of at least 4 members (excludes halogenated alkanes) is 1. The Bertz CT molecular complexity index is 560. The number of nitrogens with one attached hydrogen (secondary N) is 3. The Kier molecular flexibility index (Phi) is 11.1. The number of amides is 1. The van der Waals surface area contributed by atoms with Gasteiger partial charge in [0.2, 0.25) is 0 Å². The number of benzene rings is 1. The zero-order valence-electron chi connectivity index (χ0n) is 16.6. The van der Waals surface area contributed by atoms with E-state index < -0.39 is 0 Å². The van der Waals surface area contributed by atoms with Crippen LogP contribution in [0.15, 0.2) is 29.3 Å². The van der Waals surface area contributed by atoms with Crippen LogP contribution < -0.4 is 16.0 Å². The first-order valence-corrected chi connectivity index (χ1v) is 9.52. The monoisotopic (exact) mass is 362 g/mol. The molecule has 1 unspecified atom stereocenters. The lowest BCUT2D eigenvalue weighted by Crippen LogP contribution is -2.37. The highest BCUT2D eigenvalue weighted by molar-refractivity contribution is 5.94.